The van der Waals surface area contributed by atoms with Gasteiger partial charge in [-0.1, -0.05) is 0 Å². The van der Waals surface area contributed by atoms with Gasteiger partial charge >= 0.3 is 0 Å². The molecule has 1 aliphatic rings. The van der Waals surface area contributed by atoms with E-state index in [-0.39, 0.29) is 5.91 Å². The van der Waals surface area contributed by atoms with Crippen molar-refractivity contribution < 1.29 is 9.53 Å². The second-order valence-corrected chi connectivity index (χ2v) is 3.46. The molecular formula is C9H17NO2. The minimum atomic E-state index is 0.154. The topological polar surface area (TPSA) is 29.5 Å². The van der Waals surface area contributed by atoms with Gasteiger partial charge in [-0.15, -0.1) is 0 Å². The number of carbonyl (C=O) groups excluding carboxylic acids is 1. The van der Waals surface area contributed by atoms with E-state index in [1.54, 1.807) is 11.8 Å². The van der Waals surface area contributed by atoms with E-state index in [2.05, 4.69) is 0 Å². The number of rotatable bonds is 2. The second-order valence-electron chi connectivity index (χ2n) is 3.46. The van der Waals surface area contributed by atoms with Crippen molar-refractivity contribution in [2.24, 2.45) is 5.92 Å². The lowest BCUT2D eigenvalue weighted by Crippen LogP contribution is -2.32. The lowest BCUT2D eigenvalue weighted by molar-refractivity contribution is -0.128. The Labute approximate surface area is 73.7 Å². The van der Waals surface area contributed by atoms with Crippen molar-refractivity contribution in [2.45, 2.75) is 19.8 Å². The Morgan fingerprint density at radius 2 is 2.08 bits per heavy atom. The zero-order chi connectivity index (χ0) is 8.97. The van der Waals surface area contributed by atoms with Gasteiger partial charge in [0, 0.05) is 33.7 Å². The van der Waals surface area contributed by atoms with Crippen molar-refractivity contribution in [2.75, 3.05) is 26.8 Å². The molecule has 0 N–H and O–H groups in total. The maximum absolute atomic E-state index is 10.9. The van der Waals surface area contributed by atoms with Crippen molar-refractivity contribution in [3.05, 3.63) is 0 Å². The van der Waals surface area contributed by atoms with Gasteiger partial charge in [-0.3, -0.25) is 4.79 Å². The minimum absolute atomic E-state index is 0.154. The summed E-state index contributed by atoms with van der Waals surface area (Å²) < 4.78 is 5.24. The summed E-state index contributed by atoms with van der Waals surface area (Å²) in [5, 5.41) is 0. The summed E-state index contributed by atoms with van der Waals surface area (Å²) in [6.07, 6.45) is 2.19. The fraction of sp³-hybridized carbons (Fsp3) is 0.889. The van der Waals surface area contributed by atoms with Crippen molar-refractivity contribution in [1.82, 2.24) is 4.90 Å². The molecule has 0 spiro atoms. The summed E-state index contributed by atoms with van der Waals surface area (Å²) in [7, 11) is 1.86. The lowest BCUT2D eigenvalue weighted by atomic mass is 10.00. The van der Waals surface area contributed by atoms with Crippen LogP contribution in [0.1, 0.15) is 19.8 Å². The van der Waals surface area contributed by atoms with Crippen molar-refractivity contribution in [3.8, 4) is 0 Å². The molecule has 0 unspecified atom stereocenters. The predicted molar refractivity (Wildman–Crippen MR) is 46.9 cm³/mol. The van der Waals surface area contributed by atoms with E-state index < -0.39 is 0 Å². The molecule has 0 aromatic carbocycles. The van der Waals surface area contributed by atoms with E-state index in [4.69, 9.17) is 4.74 Å². The summed E-state index contributed by atoms with van der Waals surface area (Å²) in [6, 6.07) is 0. The monoisotopic (exact) mass is 171 g/mol. The fourth-order valence-electron chi connectivity index (χ4n) is 1.44. The molecule has 0 bridgehead atoms. The van der Waals surface area contributed by atoms with Gasteiger partial charge in [0.15, 0.2) is 0 Å². The van der Waals surface area contributed by atoms with Crippen molar-refractivity contribution >= 4 is 5.91 Å². The molecule has 1 rings (SSSR count). The summed E-state index contributed by atoms with van der Waals surface area (Å²) in [5.74, 6) is 0.800. The Morgan fingerprint density at radius 3 is 2.58 bits per heavy atom. The van der Waals surface area contributed by atoms with E-state index in [1.807, 2.05) is 7.05 Å². The van der Waals surface area contributed by atoms with Gasteiger partial charge < -0.3 is 9.64 Å². The van der Waals surface area contributed by atoms with Crippen LogP contribution in [0.2, 0.25) is 0 Å². The Bertz CT molecular complexity index is 153. The maximum Gasteiger partial charge on any atom is 0.219 e. The van der Waals surface area contributed by atoms with Crippen molar-refractivity contribution in [3.63, 3.8) is 0 Å². The normalized spacial score (nSPS) is 19.2. The van der Waals surface area contributed by atoms with Crippen LogP contribution in [0, 0.1) is 5.92 Å². The van der Waals surface area contributed by atoms with E-state index in [0.717, 1.165) is 32.6 Å². The van der Waals surface area contributed by atoms with E-state index in [1.165, 1.54) is 0 Å². The Kier molecular flexibility index (Phi) is 3.53. The van der Waals surface area contributed by atoms with Crippen LogP contribution in [0.3, 0.4) is 0 Å². The lowest BCUT2D eigenvalue weighted by Gasteiger charge is -2.26. The summed E-state index contributed by atoms with van der Waals surface area (Å²) in [5.41, 5.74) is 0. The van der Waals surface area contributed by atoms with Gasteiger partial charge in [-0.2, -0.15) is 0 Å². The highest BCUT2D eigenvalue weighted by atomic mass is 16.5. The molecule has 3 heteroatoms. The number of hydrogen-bond donors (Lipinski definition) is 0. The molecule has 0 saturated carbocycles. The number of ether oxygens (including phenoxy) is 1. The molecule has 12 heavy (non-hydrogen) atoms. The first-order chi connectivity index (χ1) is 5.70. The van der Waals surface area contributed by atoms with Gasteiger partial charge in [0.05, 0.1) is 0 Å². The van der Waals surface area contributed by atoms with Gasteiger partial charge in [0.2, 0.25) is 5.91 Å². The minimum Gasteiger partial charge on any atom is -0.381 e. The second kappa shape index (κ2) is 4.45. The molecule has 0 radical (unpaired) electrons. The van der Waals surface area contributed by atoms with E-state index >= 15 is 0 Å². The van der Waals surface area contributed by atoms with Crippen LogP contribution in [0.25, 0.3) is 0 Å². The number of hydrogen-bond acceptors (Lipinski definition) is 2. The van der Waals surface area contributed by atoms with Gasteiger partial charge in [0.1, 0.15) is 0 Å². The van der Waals surface area contributed by atoms with Crippen LogP contribution in [-0.4, -0.2) is 37.6 Å². The Balaban J connectivity index is 2.24. The Morgan fingerprint density at radius 1 is 1.50 bits per heavy atom. The molecule has 1 aliphatic heterocycles. The highest BCUT2D eigenvalue weighted by Crippen LogP contribution is 2.15. The predicted octanol–water partition coefficient (Wildman–Crippen LogP) is 0.891. The van der Waals surface area contributed by atoms with Crippen LogP contribution in [-0.2, 0) is 9.53 Å². The summed E-state index contributed by atoms with van der Waals surface area (Å²) in [6.45, 7) is 4.21. The number of carbonyl (C=O) groups is 1. The molecule has 3 nitrogen and oxygen atoms in total. The largest absolute Gasteiger partial charge is 0.381 e. The first kappa shape index (κ1) is 9.52. The molecule has 0 atom stereocenters. The standard InChI is InChI=1S/C9H17NO2/c1-8(11)10(2)7-9-3-5-12-6-4-9/h9H,3-7H2,1-2H3. The van der Waals surface area contributed by atoms with Gasteiger partial charge in [-0.05, 0) is 18.8 Å². The van der Waals surface area contributed by atoms with Crippen LogP contribution in [0.15, 0.2) is 0 Å². The van der Waals surface area contributed by atoms with E-state index in [0.29, 0.717) is 5.92 Å². The molecule has 0 aromatic heterocycles. The summed E-state index contributed by atoms with van der Waals surface area (Å²) >= 11 is 0. The SMILES string of the molecule is CC(=O)N(C)CC1CCOCC1. The smallest absolute Gasteiger partial charge is 0.219 e. The third-order valence-electron chi connectivity index (χ3n) is 2.41. The van der Waals surface area contributed by atoms with Gasteiger partial charge in [-0.25, -0.2) is 0 Å². The molecular weight excluding hydrogens is 154 g/mol. The summed E-state index contributed by atoms with van der Waals surface area (Å²) in [4.78, 5) is 12.7. The third-order valence-corrected chi connectivity index (χ3v) is 2.41. The molecule has 1 fully saturated rings. The molecule has 1 heterocycles. The molecule has 1 amide bonds. The van der Waals surface area contributed by atoms with Crippen LogP contribution >= 0.6 is 0 Å². The molecule has 0 aromatic rings. The van der Waals surface area contributed by atoms with Crippen molar-refractivity contribution in [1.29, 1.82) is 0 Å². The first-order valence-electron chi connectivity index (χ1n) is 4.49. The average Bonchev–Trinajstić information content (AvgIpc) is 2.06. The third kappa shape index (κ3) is 2.81. The fourth-order valence-corrected chi connectivity index (χ4v) is 1.44. The highest BCUT2D eigenvalue weighted by Gasteiger charge is 2.16. The van der Waals surface area contributed by atoms with E-state index in [9.17, 15) is 4.79 Å². The average molecular weight is 171 g/mol. The quantitative estimate of drug-likeness (QED) is 0.617. The Hall–Kier alpha value is -0.570. The molecule has 70 valence electrons. The number of amides is 1. The zero-order valence-corrected chi connectivity index (χ0v) is 7.88. The zero-order valence-electron chi connectivity index (χ0n) is 7.88. The van der Waals surface area contributed by atoms with Gasteiger partial charge in [0.25, 0.3) is 0 Å². The molecule has 1 saturated heterocycles. The highest BCUT2D eigenvalue weighted by molar-refractivity contribution is 5.72. The maximum atomic E-state index is 10.9. The van der Waals surface area contributed by atoms with Crippen LogP contribution in [0.5, 0.6) is 0 Å². The van der Waals surface area contributed by atoms with Crippen LogP contribution < -0.4 is 0 Å². The molecule has 0 aliphatic carbocycles. The number of nitrogens with zero attached hydrogens (tertiary/aromatic N) is 1. The van der Waals surface area contributed by atoms with Crippen LogP contribution in [0.4, 0.5) is 0 Å². The first-order valence-corrected chi connectivity index (χ1v) is 4.49.